The highest BCUT2D eigenvalue weighted by Gasteiger charge is 2.18. The number of hydrogen-bond acceptors (Lipinski definition) is 7. The van der Waals surface area contributed by atoms with E-state index >= 15 is 0 Å². The molecule has 0 bridgehead atoms. The lowest BCUT2D eigenvalue weighted by molar-refractivity contribution is -0.384. The van der Waals surface area contributed by atoms with Crippen LogP contribution in [0.1, 0.15) is 16.8 Å². The van der Waals surface area contributed by atoms with Gasteiger partial charge < -0.3 is 14.8 Å². The van der Waals surface area contributed by atoms with E-state index in [1.54, 1.807) is 11.6 Å². The molecule has 3 aromatic rings. The molecule has 176 valence electrons. The van der Waals surface area contributed by atoms with Crippen LogP contribution in [0.25, 0.3) is 6.08 Å². The standard InChI is InChI=1S/C23H21ClN4O6/c1-15-18(23(24)27(26-15)13-16-6-4-3-5-7-16)9-11-22(30)34-14-21(29)25-19-10-8-17(33-2)12-20(19)28(31)32/h3-12H,13-14H2,1-2H3,(H,25,29)/b11-9+. The van der Waals surface area contributed by atoms with E-state index in [1.165, 1.54) is 31.4 Å². The summed E-state index contributed by atoms with van der Waals surface area (Å²) in [5.41, 5.74) is 1.79. The molecule has 0 unspecified atom stereocenters. The molecule has 3 rings (SSSR count). The average Bonchev–Trinajstić information content (AvgIpc) is 3.09. The molecular weight excluding hydrogens is 464 g/mol. The first-order valence-corrected chi connectivity index (χ1v) is 10.4. The molecule has 1 amide bonds. The molecule has 0 radical (unpaired) electrons. The number of esters is 1. The molecule has 34 heavy (non-hydrogen) atoms. The fraction of sp³-hybridized carbons (Fsp3) is 0.174. The van der Waals surface area contributed by atoms with Gasteiger partial charge in [0.05, 0.1) is 30.3 Å². The van der Waals surface area contributed by atoms with Gasteiger partial charge in [0.2, 0.25) is 0 Å². The summed E-state index contributed by atoms with van der Waals surface area (Å²) in [5, 5.41) is 18.3. The number of nitrogens with zero attached hydrogens (tertiary/aromatic N) is 3. The first-order chi connectivity index (χ1) is 16.3. The van der Waals surface area contributed by atoms with Crippen molar-refractivity contribution in [2.45, 2.75) is 13.5 Å². The average molecular weight is 485 g/mol. The van der Waals surface area contributed by atoms with Crippen LogP contribution in [0, 0.1) is 17.0 Å². The second-order valence-electron chi connectivity index (χ2n) is 7.06. The van der Waals surface area contributed by atoms with Crippen LogP contribution in [-0.4, -0.2) is 40.3 Å². The van der Waals surface area contributed by atoms with Gasteiger partial charge in [-0.05, 0) is 30.7 Å². The Bertz CT molecular complexity index is 1240. The highest BCUT2D eigenvalue weighted by Crippen LogP contribution is 2.29. The van der Waals surface area contributed by atoms with Crippen LogP contribution >= 0.6 is 11.6 Å². The lowest BCUT2D eigenvalue weighted by atomic mass is 10.2. The number of hydrogen-bond donors (Lipinski definition) is 1. The Morgan fingerprint density at radius 3 is 2.65 bits per heavy atom. The largest absolute Gasteiger partial charge is 0.496 e. The van der Waals surface area contributed by atoms with Gasteiger partial charge in [0.15, 0.2) is 6.61 Å². The molecule has 0 aliphatic carbocycles. The highest BCUT2D eigenvalue weighted by atomic mass is 35.5. The Morgan fingerprint density at radius 1 is 1.24 bits per heavy atom. The van der Waals surface area contributed by atoms with Gasteiger partial charge in [-0.1, -0.05) is 41.9 Å². The summed E-state index contributed by atoms with van der Waals surface area (Å²) in [5.74, 6) is -1.26. The van der Waals surface area contributed by atoms with Gasteiger partial charge in [-0.3, -0.25) is 14.9 Å². The number of anilines is 1. The van der Waals surface area contributed by atoms with Gasteiger partial charge in [-0.15, -0.1) is 0 Å². The minimum atomic E-state index is -0.786. The van der Waals surface area contributed by atoms with Crippen molar-refractivity contribution in [3.8, 4) is 5.75 Å². The Balaban J connectivity index is 1.59. The van der Waals surface area contributed by atoms with Gasteiger partial charge in [-0.2, -0.15) is 5.10 Å². The van der Waals surface area contributed by atoms with Crippen LogP contribution in [0.2, 0.25) is 5.15 Å². The van der Waals surface area contributed by atoms with Crippen LogP contribution in [0.5, 0.6) is 5.75 Å². The molecule has 1 N–H and O–H groups in total. The number of aryl methyl sites for hydroxylation is 1. The monoisotopic (exact) mass is 484 g/mol. The second-order valence-corrected chi connectivity index (χ2v) is 7.42. The number of carbonyl (C=O) groups is 2. The number of nitro benzene ring substituents is 1. The zero-order valence-corrected chi connectivity index (χ0v) is 19.1. The van der Waals surface area contributed by atoms with E-state index < -0.39 is 23.4 Å². The van der Waals surface area contributed by atoms with Gasteiger partial charge in [0.1, 0.15) is 16.6 Å². The van der Waals surface area contributed by atoms with E-state index in [2.05, 4.69) is 10.4 Å². The third-order valence-corrected chi connectivity index (χ3v) is 5.09. The van der Waals surface area contributed by atoms with Crippen LogP contribution in [0.4, 0.5) is 11.4 Å². The number of ether oxygens (including phenoxy) is 2. The molecule has 11 heteroatoms. The van der Waals surface area contributed by atoms with E-state index in [9.17, 15) is 19.7 Å². The van der Waals surface area contributed by atoms with E-state index in [-0.39, 0.29) is 17.1 Å². The third-order valence-electron chi connectivity index (χ3n) is 4.69. The van der Waals surface area contributed by atoms with Crippen molar-refractivity contribution < 1.29 is 24.0 Å². The number of amides is 1. The Morgan fingerprint density at radius 2 is 1.97 bits per heavy atom. The molecule has 0 spiro atoms. The number of aromatic nitrogens is 2. The van der Waals surface area contributed by atoms with E-state index in [1.807, 2.05) is 30.3 Å². The second kappa shape index (κ2) is 11.1. The van der Waals surface area contributed by atoms with Crippen molar-refractivity contribution in [3.05, 3.63) is 86.7 Å². The fourth-order valence-electron chi connectivity index (χ4n) is 3.04. The first kappa shape index (κ1) is 24.5. The van der Waals surface area contributed by atoms with Crippen molar-refractivity contribution >= 4 is 40.9 Å². The number of halogens is 1. The number of benzene rings is 2. The normalized spacial score (nSPS) is 10.8. The number of methoxy groups -OCH3 is 1. The number of nitro groups is 1. The molecule has 1 aromatic heterocycles. The van der Waals surface area contributed by atoms with E-state index in [4.69, 9.17) is 21.1 Å². The fourth-order valence-corrected chi connectivity index (χ4v) is 3.33. The summed E-state index contributed by atoms with van der Waals surface area (Å²) >= 11 is 6.41. The summed E-state index contributed by atoms with van der Waals surface area (Å²) in [7, 11) is 1.37. The topological polar surface area (TPSA) is 126 Å². The summed E-state index contributed by atoms with van der Waals surface area (Å²) in [6, 6.07) is 13.6. The summed E-state index contributed by atoms with van der Waals surface area (Å²) < 4.78 is 11.5. The SMILES string of the molecule is COc1ccc(NC(=O)COC(=O)/C=C/c2c(C)nn(Cc3ccccc3)c2Cl)c([N+](=O)[O-])c1. The molecule has 0 atom stereocenters. The lowest BCUT2D eigenvalue weighted by Crippen LogP contribution is -2.20. The van der Waals surface area contributed by atoms with Crippen LogP contribution in [0.3, 0.4) is 0 Å². The predicted molar refractivity (Wildman–Crippen MR) is 126 cm³/mol. The van der Waals surface area contributed by atoms with Gasteiger partial charge >= 0.3 is 5.97 Å². The molecule has 0 saturated carbocycles. The van der Waals surface area contributed by atoms with E-state index in [0.717, 1.165) is 11.6 Å². The molecule has 0 fully saturated rings. The number of rotatable bonds is 9. The quantitative estimate of drug-likeness (QED) is 0.210. The van der Waals surface area contributed by atoms with Gasteiger partial charge in [-0.25, -0.2) is 9.48 Å². The van der Waals surface area contributed by atoms with Gasteiger partial charge in [0, 0.05) is 11.6 Å². The van der Waals surface area contributed by atoms with Crippen molar-refractivity contribution in [2.75, 3.05) is 19.0 Å². The van der Waals surface area contributed by atoms with Crippen molar-refractivity contribution in [1.82, 2.24) is 9.78 Å². The third kappa shape index (κ3) is 6.20. The molecular formula is C23H21ClN4O6. The lowest BCUT2D eigenvalue weighted by Gasteiger charge is -2.07. The molecule has 0 aliphatic heterocycles. The van der Waals surface area contributed by atoms with Crippen molar-refractivity contribution in [3.63, 3.8) is 0 Å². The Labute approximate surface area is 199 Å². The highest BCUT2D eigenvalue weighted by molar-refractivity contribution is 6.31. The Hall–Kier alpha value is -4.18. The summed E-state index contributed by atoms with van der Waals surface area (Å²) in [6.45, 7) is 1.59. The maximum absolute atomic E-state index is 12.1. The minimum Gasteiger partial charge on any atom is -0.496 e. The maximum Gasteiger partial charge on any atom is 0.331 e. The van der Waals surface area contributed by atoms with Crippen LogP contribution < -0.4 is 10.1 Å². The van der Waals surface area contributed by atoms with E-state index in [0.29, 0.717) is 23.0 Å². The first-order valence-electron chi connectivity index (χ1n) is 10.0. The smallest absolute Gasteiger partial charge is 0.331 e. The summed E-state index contributed by atoms with van der Waals surface area (Å²) in [4.78, 5) is 34.7. The molecule has 0 saturated heterocycles. The predicted octanol–water partition coefficient (Wildman–Crippen LogP) is 4.01. The number of carbonyl (C=O) groups excluding carboxylic acids is 2. The molecule has 0 aliphatic rings. The minimum absolute atomic E-state index is 0.0457. The molecule has 1 heterocycles. The van der Waals surface area contributed by atoms with Gasteiger partial charge in [0.25, 0.3) is 11.6 Å². The Kier molecular flexibility index (Phi) is 7.99. The van der Waals surface area contributed by atoms with Crippen molar-refractivity contribution in [2.24, 2.45) is 0 Å². The van der Waals surface area contributed by atoms with Crippen molar-refractivity contribution in [1.29, 1.82) is 0 Å². The zero-order chi connectivity index (χ0) is 24.7. The maximum atomic E-state index is 12.1. The zero-order valence-electron chi connectivity index (χ0n) is 18.4. The number of nitrogens with one attached hydrogen (secondary N) is 1. The van der Waals surface area contributed by atoms with Crippen LogP contribution in [-0.2, 0) is 20.9 Å². The van der Waals surface area contributed by atoms with Crippen LogP contribution in [0.15, 0.2) is 54.6 Å². The molecule has 2 aromatic carbocycles. The molecule has 10 nitrogen and oxygen atoms in total. The summed E-state index contributed by atoms with van der Waals surface area (Å²) in [6.07, 6.45) is 2.59.